The van der Waals surface area contributed by atoms with Crippen molar-refractivity contribution in [3.05, 3.63) is 23.1 Å². The van der Waals surface area contributed by atoms with Crippen LogP contribution in [0.15, 0.2) is 16.5 Å². The monoisotopic (exact) mass is 243 g/mol. The van der Waals surface area contributed by atoms with Gasteiger partial charge >= 0.3 is 5.97 Å². The topological polar surface area (TPSA) is 76.5 Å². The highest BCUT2D eigenvalue weighted by atomic mass is 35.5. The molecule has 1 aromatic heterocycles. The van der Waals surface area contributed by atoms with Crippen LogP contribution in [0.2, 0.25) is 5.22 Å². The van der Waals surface area contributed by atoms with Crippen LogP contribution in [0.4, 0.5) is 0 Å². The van der Waals surface area contributed by atoms with E-state index in [0.29, 0.717) is 31.4 Å². The Morgan fingerprint density at radius 3 is 2.56 bits per heavy atom. The van der Waals surface area contributed by atoms with E-state index < -0.39 is 11.4 Å². The van der Waals surface area contributed by atoms with Gasteiger partial charge in [0.15, 0.2) is 5.22 Å². The van der Waals surface area contributed by atoms with Gasteiger partial charge in [0.25, 0.3) is 0 Å². The van der Waals surface area contributed by atoms with Gasteiger partial charge in [-0.2, -0.15) is 0 Å². The molecule has 0 spiro atoms. The molecule has 3 N–H and O–H groups in total. The molecule has 0 radical (unpaired) electrons. The Morgan fingerprint density at radius 1 is 1.50 bits per heavy atom. The van der Waals surface area contributed by atoms with Crippen LogP contribution in [-0.4, -0.2) is 17.1 Å². The molecule has 0 aromatic carbocycles. The number of nitrogens with two attached hydrogens (primary N) is 1. The lowest BCUT2D eigenvalue weighted by molar-refractivity contribution is -0.146. The molecule has 2 rings (SSSR count). The summed E-state index contributed by atoms with van der Waals surface area (Å²) in [6.07, 6.45) is 2.41. The van der Waals surface area contributed by atoms with E-state index in [-0.39, 0.29) is 11.3 Å². The summed E-state index contributed by atoms with van der Waals surface area (Å²) in [6, 6.07) is 3.32. The van der Waals surface area contributed by atoms with Gasteiger partial charge in [-0.25, -0.2) is 0 Å². The third-order valence-corrected chi connectivity index (χ3v) is 3.54. The summed E-state index contributed by atoms with van der Waals surface area (Å²) in [5, 5.41) is 9.62. The van der Waals surface area contributed by atoms with Crippen LogP contribution in [0.1, 0.15) is 31.4 Å². The van der Waals surface area contributed by atoms with Gasteiger partial charge in [0.1, 0.15) is 11.2 Å². The molecule has 88 valence electrons. The number of halogens is 1. The van der Waals surface area contributed by atoms with E-state index in [1.54, 1.807) is 12.1 Å². The third-order valence-electron chi connectivity index (χ3n) is 3.34. The standard InChI is InChI=1S/C11H14ClNO3/c12-9-2-1-8(16-9)11(10(14)15)5-3-7(13)4-6-11/h1-2,7H,3-6,13H2,(H,14,15). The van der Waals surface area contributed by atoms with Crippen LogP contribution < -0.4 is 5.73 Å². The first-order chi connectivity index (χ1) is 7.54. The van der Waals surface area contributed by atoms with Crippen LogP contribution >= 0.6 is 11.6 Å². The fourth-order valence-electron chi connectivity index (χ4n) is 2.27. The van der Waals surface area contributed by atoms with E-state index in [1.807, 2.05) is 0 Å². The molecule has 0 unspecified atom stereocenters. The van der Waals surface area contributed by atoms with E-state index in [0.717, 1.165) is 0 Å². The predicted molar refractivity (Wildman–Crippen MR) is 59.5 cm³/mol. The molecule has 1 saturated carbocycles. The van der Waals surface area contributed by atoms with Gasteiger partial charge in [-0.3, -0.25) is 4.79 Å². The van der Waals surface area contributed by atoms with Crippen molar-refractivity contribution in [2.24, 2.45) is 5.73 Å². The highest BCUT2D eigenvalue weighted by molar-refractivity contribution is 6.28. The summed E-state index contributed by atoms with van der Waals surface area (Å²) in [7, 11) is 0. The maximum Gasteiger partial charge on any atom is 0.317 e. The minimum absolute atomic E-state index is 0.0953. The molecule has 5 heteroatoms. The Kier molecular flexibility index (Phi) is 2.95. The quantitative estimate of drug-likeness (QED) is 0.835. The first-order valence-electron chi connectivity index (χ1n) is 5.29. The van der Waals surface area contributed by atoms with Gasteiger partial charge in [0.05, 0.1) is 0 Å². The average molecular weight is 244 g/mol. The van der Waals surface area contributed by atoms with Gasteiger partial charge < -0.3 is 15.3 Å². The van der Waals surface area contributed by atoms with Crippen molar-refractivity contribution in [2.45, 2.75) is 37.1 Å². The van der Waals surface area contributed by atoms with Crippen LogP contribution in [0, 0.1) is 0 Å². The first-order valence-corrected chi connectivity index (χ1v) is 5.67. The predicted octanol–water partition coefficient (Wildman–Crippen LogP) is 2.16. The van der Waals surface area contributed by atoms with Crippen molar-refractivity contribution in [1.82, 2.24) is 0 Å². The minimum Gasteiger partial charge on any atom is -0.480 e. The Balaban J connectivity index is 2.33. The molecule has 0 saturated heterocycles. The second-order valence-corrected chi connectivity index (χ2v) is 4.70. The van der Waals surface area contributed by atoms with Crippen molar-refractivity contribution in [3.8, 4) is 0 Å². The molecule has 0 aliphatic heterocycles. The molecule has 1 fully saturated rings. The minimum atomic E-state index is -0.941. The number of rotatable bonds is 2. The normalized spacial score (nSPS) is 30.2. The Morgan fingerprint density at radius 2 is 2.12 bits per heavy atom. The fraction of sp³-hybridized carbons (Fsp3) is 0.545. The number of carboxylic acids is 1. The van der Waals surface area contributed by atoms with Crippen LogP contribution in [-0.2, 0) is 10.2 Å². The average Bonchev–Trinajstić information content (AvgIpc) is 2.66. The largest absolute Gasteiger partial charge is 0.480 e. The third kappa shape index (κ3) is 1.83. The number of furan rings is 1. The molecule has 1 aromatic rings. The second-order valence-electron chi connectivity index (χ2n) is 4.33. The molecule has 0 amide bonds. The lowest BCUT2D eigenvalue weighted by Crippen LogP contribution is -2.42. The van der Waals surface area contributed by atoms with E-state index in [9.17, 15) is 9.90 Å². The van der Waals surface area contributed by atoms with E-state index in [2.05, 4.69) is 0 Å². The second kappa shape index (κ2) is 4.11. The lowest BCUT2D eigenvalue weighted by Gasteiger charge is -2.33. The summed E-state index contributed by atoms with van der Waals surface area (Å²) in [4.78, 5) is 11.4. The van der Waals surface area contributed by atoms with Crippen molar-refractivity contribution in [2.75, 3.05) is 0 Å². The zero-order valence-corrected chi connectivity index (χ0v) is 9.54. The van der Waals surface area contributed by atoms with Crippen LogP contribution in [0.5, 0.6) is 0 Å². The molecule has 0 atom stereocenters. The molecular formula is C11H14ClNO3. The van der Waals surface area contributed by atoms with Crippen molar-refractivity contribution in [3.63, 3.8) is 0 Å². The molecule has 1 aliphatic rings. The molecule has 16 heavy (non-hydrogen) atoms. The fourth-order valence-corrected chi connectivity index (χ4v) is 2.42. The van der Waals surface area contributed by atoms with Gasteiger partial charge in [-0.1, -0.05) is 0 Å². The Labute approximate surface area is 98.4 Å². The first kappa shape index (κ1) is 11.5. The highest BCUT2D eigenvalue weighted by Crippen LogP contribution is 2.40. The molecular weight excluding hydrogens is 230 g/mol. The lowest BCUT2D eigenvalue weighted by atomic mass is 9.71. The maximum absolute atomic E-state index is 11.4. The van der Waals surface area contributed by atoms with E-state index >= 15 is 0 Å². The highest BCUT2D eigenvalue weighted by Gasteiger charge is 2.45. The SMILES string of the molecule is NC1CCC(C(=O)O)(c2ccc(Cl)o2)CC1. The molecule has 4 nitrogen and oxygen atoms in total. The van der Waals surface area contributed by atoms with E-state index in [1.165, 1.54) is 0 Å². The molecule has 0 bridgehead atoms. The van der Waals surface area contributed by atoms with Gasteiger partial charge in [-0.15, -0.1) is 0 Å². The van der Waals surface area contributed by atoms with Gasteiger partial charge in [0.2, 0.25) is 0 Å². The van der Waals surface area contributed by atoms with Crippen molar-refractivity contribution >= 4 is 17.6 Å². The van der Waals surface area contributed by atoms with Crippen LogP contribution in [0.25, 0.3) is 0 Å². The van der Waals surface area contributed by atoms with E-state index in [4.69, 9.17) is 21.8 Å². The zero-order valence-electron chi connectivity index (χ0n) is 8.78. The number of hydrogen-bond acceptors (Lipinski definition) is 3. The van der Waals surface area contributed by atoms with Crippen LogP contribution in [0.3, 0.4) is 0 Å². The summed E-state index contributed by atoms with van der Waals surface area (Å²) in [5.74, 6) is -0.415. The maximum atomic E-state index is 11.4. The molecule has 1 aliphatic carbocycles. The number of carboxylic acid groups (broad SMARTS) is 1. The summed E-state index contributed by atoms with van der Waals surface area (Å²) in [6.45, 7) is 0. The van der Waals surface area contributed by atoms with Gasteiger partial charge in [0, 0.05) is 6.04 Å². The summed E-state index contributed by atoms with van der Waals surface area (Å²) >= 11 is 5.69. The Hall–Kier alpha value is -1.00. The van der Waals surface area contributed by atoms with Gasteiger partial charge in [-0.05, 0) is 49.4 Å². The molecule has 1 heterocycles. The smallest absolute Gasteiger partial charge is 0.317 e. The summed E-state index contributed by atoms with van der Waals surface area (Å²) in [5.41, 5.74) is 4.85. The van der Waals surface area contributed by atoms with Crippen molar-refractivity contribution < 1.29 is 14.3 Å². The number of carbonyl (C=O) groups is 1. The van der Waals surface area contributed by atoms with Crippen molar-refractivity contribution in [1.29, 1.82) is 0 Å². The number of aliphatic carboxylic acids is 1. The summed E-state index contributed by atoms with van der Waals surface area (Å²) < 4.78 is 5.27. The Bertz CT molecular complexity index is 394. The zero-order chi connectivity index (χ0) is 11.8. The number of hydrogen-bond donors (Lipinski definition) is 2.